The molecule has 2 aliphatic heterocycles. The first kappa shape index (κ1) is 7.81. The van der Waals surface area contributed by atoms with Crippen molar-refractivity contribution >= 4 is 34.7 Å². The van der Waals surface area contributed by atoms with Gasteiger partial charge in [-0.2, -0.15) is 0 Å². The number of anilines is 2. The summed E-state index contributed by atoms with van der Waals surface area (Å²) in [5.74, 6) is 0. The van der Waals surface area contributed by atoms with Crippen molar-refractivity contribution in [3.8, 4) is 0 Å². The normalized spacial score (nSPS) is 27.3. The van der Waals surface area contributed by atoms with Crippen LogP contribution in [-0.4, -0.2) is 56.0 Å². The van der Waals surface area contributed by atoms with Gasteiger partial charge >= 0.3 is 0 Å². The Morgan fingerprint density at radius 2 is 1.80 bits per heavy atom. The van der Waals surface area contributed by atoms with E-state index >= 15 is 0 Å². The first-order valence-corrected chi connectivity index (χ1v) is 8.90. The molecule has 132 valence electrons. The van der Waals surface area contributed by atoms with Gasteiger partial charge in [-0.05, 0) is 50.1 Å². The molecule has 0 N–H and O–H groups in total. The summed E-state index contributed by atoms with van der Waals surface area (Å²) in [6, 6.07) is -4.41. The topological polar surface area (TPSA) is 9.72 Å². The average Bonchev–Trinajstić information content (AvgIpc) is 2.86. The largest absolute Gasteiger partial charge is 0.340 e. The Morgan fingerprint density at radius 1 is 1.04 bits per heavy atom. The predicted molar refractivity (Wildman–Crippen MR) is 108 cm³/mol. The van der Waals surface area contributed by atoms with Gasteiger partial charge in [-0.25, -0.2) is 0 Å². The Kier molecular flexibility index (Phi) is 2.37. The van der Waals surface area contributed by atoms with Crippen LogP contribution in [0.1, 0.15) is 24.2 Å². The van der Waals surface area contributed by atoms with E-state index in [9.17, 15) is 0 Å². The lowest BCUT2D eigenvalue weighted by Gasteiger charge is -2.35. The summed E-state index contributed by atoms with van der Waals surface area (Å²) in [7, 11) is 1.83. The maximum atomic E-state index is 9.03. The van der Waals surface area contributed by atoms with Crippen LogP contribution in [0.5, 0.6) is 0 Å². The highest BCUT2D eigenvalue weighted by Crippen LogP contribution is 2.48. The minimum Gasteiger partial charge on any atom is -0.340 e. The van der Waals surface area contributed by atoms with E-state index in [2.05, 4.69) is 0 Å². The molecule has 1 fully saturated rings. The molecule has 3 nitrogen and oxygen atoms in total. The van der Waals surface area contributed by atoms with Gasteiger partial charge in [0.15, 0.2) is 0 Å². The molecule has 0 radical (unpaired) electrons. The zero-order chi connectivity index (χ0) is 28.7. The molecule has 0 aliphatic carbocycles. The van der Waals surface area contributed by atoms with Gasteiger partial charge in [-0.3, -0.25) is 0 Å². The lowest BCUT2D eigenvalue weighted by atomic mass is 10.2. The summed E-state index contributed by atoms with van der Waals surface area (Å²) in [6.45, 7) is -5.23. The van der Waals surface area contributed by atoms with Crippen LogP contribution in [-0.2, 0) is 0 Å². The lowest BCUT2D eigenvalue weighted by Crippen LogP contribution is -2.45. The van der Waals surface area contributed by atoms with Crippen LogP contribution in [0.2, 0.25) is 5.02 Å². The quantitative estimate of drug-likeness (QED) is 0.760. The predicted octanol–water partition coefficient (Wildman–Crippen LogP) is 4.58. The fourth-order valence-corrected chi connectivity index (χ4v) is 3.55. The van der Waals surface area contributed by atoms with Crippen LogP contribution in [0, 0.1) is 0 Å². The second-order valence-corrected chi connectivity index (χ2v) is 7.02. The lowest BCUT2D eigenvalue weighted by molar-refractivity contribution is 0.153. The first-order valence-electron chi connectivity index (χ1n) is 14.2. The Balaban J connectivity index is 2.04. The number of nitrogens with zero attached hydrogens (tertiary/aromatic N) is 3. The third kappa shape index (κ3) is 3.82. The van der Waals surface area contributed by atoms with E-state index in [0.717, 1.165) is 0 Å². The van der Waals surface area contributed by atoms with E-state index in [1.807, 2.05) is 11.9 Å². The van der Waals surface area contributed by atoms with Crippen molar-refractivity contribution in [3.63, 3.8) is 0 Å². The van der Waals surface area contributed by atoms with Gasteiger partial charge < -0.3 is 14.7 Å². The first-order chi connectivity index (χ1) is 17.4. The minimum atomic E-state index is -3.38. The van der Waals surface area contributed by atoms with Gasteiger partial charge in [0.25, 0.3) is 0 Å². The number of para-hydroxylation sites is 1. The minimum absolute atomic E-state index is 0.107. The Bertz CT molecular complexity index is 1250. The summed E-state index contributed by atoms with van der Waals surface area (Å²) in [6.07, 6.45) is -3.36. The molecule has 0 unspecified atom stereocenters. The highest BCUT2D eigenvalue weighted by Gasteiger charge is 2.23. The van der Waals surface area contributed by atoms with Crippen molar-refractivity contribution in [3.05, 3.63) is 47.3 Å². The molecule has 2 heterocycles. The van der Waals surface area contributed by atoms with Crippen LogP contribution in [0.25, 0.3) is 0 Å². The molecule has 0 bridgehead atoms. The van der Waals surface area contributed by atoms with E-state index < -0.39 is 78.1 Å². The number of hydrogen-bond donors (Lipinski definition) is 0. The van der Waals surface area contributed by atoms with Crippen molar-refractivity contribution in [1.82, 2.24) is 9.80 Å². The van der Waals surface area contributed by atoms with Gasteiger partial charge in [-0.15, -0.1) is 0 Å². The summed E-state index contributed by atoms with van der Waals surface area (Å²) >= 11 is 6.78. The monoisotopic (exact) mass is 386 g/mol. The van der Waals surface area contributed by atoms with Crippen LogP contribution in [0.3, 0.4) is 0 Å². The molecule has 4 rings (SSSR count). The number of fused-ring (bicyclic) bond motifs is 2. The highest BCUT2D eigenvalue weighted by atomic mass is 35.5. The smallest absolute Gasteiger partial charge is 0.0661 e. The number of likely N-dealkylation sites (N-methyl/N-ethyl adjacent to an activating group) is 1. The number of benzene rings is 2. The summed E-state index contributed by atoms with van der Waals surface area (Å²) in [4.78, 5) is 3.18. The number of halogens is 1. The van der Waals surface area contributed by atoms with Crippen molar-refractivity contribution < 1.29 is 17.8 Å². The van der Waals surface area contributed by atoms with Crippen molar-refractivity contribution in [2.24, 2.45) is 0 Å². The van der Waals surface area contributed by atoms with Gasteiger partial charge in [0.1, 0.15) is 0 Å². The van der Waals surface area contributed by atoms with E-state index in [-0.39, 0.29) is 22.9 Å². The zero-order valence-corrected chi connectivity index (χ0v) is 15.0. The van der Waals surface area contributed by atoms with Gasteiger partial charge in [0, 0.05) is 55.7 Å². The van der Waals surface area contributed by atoms with Crippen LogP contribution < -0.4 is 4.90 Å². The van der Waals surface area contributed by atoms with E-state index in [1.165, 1.54) is 4.90 Å². The Labute approximate surface area is 177 Å². The molecule has 0 saturated carbocycles. The van der Waals surface area contributed by atoms with E-state index in [0.29, 0.717) is 29.8 Å². The molecule has 0 amide bonds. The molecule has 0 aromatic heterocycles. The molecule has 1 saturated heterocycles. The number of piperazine rings is 1. The molecular formula is C20H24ClN3S. The molecule has 25 heavy (non-hydrogen) atoms. The number of rotatable bonds is 4. The van der Waals surface area contributed by atoms with E-state index in [1.54, 1.807) is 0 Å². The molecule has 0 spiro atoms. The van der Waals surface area contributed by atoms with Crippen molar-refractivity contribution in [2.45, 2.75) is 16.2 Å². The second-order valence-electron chi connectivity index (χ2n) is 5.62. The molecule has 0 atom stereocenters. The SMILES string of the molecule is [2H]c1c([2H])c([2H])c2c(c1[2H])Sc1c([2H])c([2H])c(Cl)c([2H])c1N2C([2H])([2H])C([2H])([2H])C([2H])([2H])N1CCN(C)CC1. The van der Waals surface area contributed by atoms with Gasteiger partial charge in [-0.1, -0.05) is 35.4 Å². The maximum absolute atomic E-state index is 9.03. The van der Waals surface area contributed by atoms with Crippen LogP contribution in [0.4, 0.5) is 11.4 Å². The fourth-order valence-electron chi connectivity index (χ4n) is 2.52. The third-order valence-corrected chi connectivity index (χ3v) is 5.09. The third-order valence-electron chi connectivity index (χ3n) is 3.90. The molecule has 2 aromatic carbocycles. The van der Waals surface area contributed by atoms with Crippen LogP contribution in [0.15, 0.2) is 52.1 Å². The maximum Gasteiger partial charge on any atom is 0.0661 e. The van der Waals surface area contributed by atoms with E-state index in [4.69, 9.17) is 29.4 Å². The molecular weight excluding hydrogens is 350 g/mol. The standard InChI is InChI=1S/C20H24ClN3S/c1-22-11-13-23(14-12-22)9-4-10-24-17-5-2-3-6-19(17)25-20-8-7-16(21)15-18(20)24/h2-3,5-8,15H,4,9-14H2,1H3/i2D,3D,4D2,5D,6D,7D,8D,9D2,10D2,15D. The fraction of sp³-hybridized carbons (Fsp3) is 0.400. The van der Waals surface area contributed by atoms with Crippen molar-refractivity contribution in [2.75, 3.05) is 51.1 Å². The zero-order valence-electron chi connectivity index (χ0n) is 26.5. The Hall–Kier alpha value is -1.20. The van der Waals surface area contributed by atoms with Crippen molar-refractivity contribution in [1.29, 1.82) is 0 Å². The summed E-state index contributed by atoms with van der Waals surface area (Å²) < 4.78 is 111. The number of hydrogen-bond acceptors (Lipinski definition) is 4. The molecule has 2 aromatic rings. The average molecular weight is 387 g/mol. The van der Waals surface area contributed by atoms with Gasteiger partial charge in [0.05, 0.1) is 21.0 Å². The highest BCUT2D eigenvalue weighted by molar-refractivity contribution is 7.99. The molecule has 2 aliphatic rings. The summed E-state index contributed by atoms with van der Waals surface area (Å²) in [5.41, 5.74) is -0.972. The molecule has 5 heteroatoms. The summed E-state index contributed by atoms with van der Waals surface area (Å²) in [5, 5.41) is -0.526. The Morgan fingerprint density at radius 3 is 2.64 bits per heavy atom. The second kappa shape index (κ2) is 7.58. The van der Waals surface area contributed by atoms with Gasteiger partial charge in [0.2, 0.25) is 0 Å². The van der Waals surface area contributed by atoms with Crippen LogP contribution >= 0.6 is 23.4 Å².